The molecule has 2 aromatic carbocycles. The largest absolute Gasteiger partial charge is 0.490 e. The van der Waals surface area contributed by atoms with E-state index in [1.54, 1.807) is 59.5 Å². The summed E-state index contributed by atoms with van der Waals surface area (Å²) in [6.07, 6.45) is -0.496. The van der Waals surface area contributed by atoms with Gasteiger partial charge in [-0.05, 0) is 48.5 Å². The second kappa shape index (κ2) is 10.6. The Morgan fingerprint density at radius 3 is 2.41 bits per heavy atom. The van der Waals surface area contributed by atoms with Crippen molar-refractivity contribution in [1.82, 2.24) is 9.78 Å². The Morgan fingerprint density at radius 1 is 1.10 bits per heavy atom. The maximum Gasteiger partial charge on any atom is 0.431 e. The topological polar surface area (TPSA) is 83.2 Å². The van der Waals surface area contributed by atoms with E-state index in [1.165, 1.54) is 13.0 Å². The highest BCUT2D eigenvalue weighted by Crippen LogP contribution is 2.37. The molecule has 206 valence electrons. The first-order valence-corrected chi connectivity index (χ1v) is 12.6. The second-order valence-corrected chi connectivity index (χ2v) is 9.67. The minimum absolute atomic E-state index is 0.120. The standard InChI is InChI=1S/C27H27F4N5O3/c1-17-23(16-25(37)38)36(33-26(17)27(29,30)31)18-3-6-20(7-4-18)39-21-9-13-34(14-10-21)24-15-19(5-8-22(24)28)35-12-2-11-32-35/h2-8,11-12,15,17,21,23H,9-10,13-14,16H2,1H3,(H,37,38). The van der Waals surface area contributed by atoms with E-state index >= 15 is 0 Å². The van der Waals surface area contributed by atoms with Gasteiger partial charge in [0, 0.05) is 44.2 Å². The van der Waals surface area contributed by atoms with Gasteiger partial charge in [-0.1, -0.05) is 6.92 Å². The van der Waals surface area contributed by atoms with Gasteiger partial charge in [0.15, 0.2) is 0 Å². The average Bonchev–Trinajstić information content (AvgIpc) is 3.54. The molecule has 1 fully saturated rings. The van der Waals surface area contributed by atoms with E-state index in [2.05, 4.69) is 10.2 Å². The fraction of sp³-hybridized carbons (Fsp3) is 0.370. The number of anilines is 2. The van der Waals surface area contributed by atoms with Crippen LogP contribution in [-0.4, -0.2) is 58.0 Å². The Hall–Kier alpha value is -4.09. The highest BCUT2D eigenvalue weighted by Gasteiger charge is 2.48. The molecule has 3 heterocycles. The number of hydrogen-bond donors (Lipinski definition) is 1. The molecular formula is C27H27F4N5O3. The van der Waals surface area contributed by atoms with Crippen LogP contribution in [0.15, 0.2) is 66.0 Å². The fourth-order valence-corrected chi connectivity index (χ4v) is 5.07. The summed E-state index contributed by atoms with van der Waals surface area (Å²) in [4.78, 5) is 13.3. The molecule has 1 saturated heterocycles. The number of aliphatic carboxylic acids is 1. The van der Waals surface area contributed by atoms with E-state index in [0.717, 1.165) is 10.7 Å². The highest BCUT2D eigenvalue weighted by molar-refractivity contribution is 5.96. The van der Waals surface area contributed by atoms with E-state index in [9.17, 15) is 27.5 Å². The molecule has 2 aliphatic heterocycles. The number of alkyl halides is 3. The van der Waals surface area contributed by atoms with E-state index in [-0.39, 0.29) is 11.9 Å². The second-order valence-electron chi connectivity index (χ2n) is 9.67. The van der Waals surface area contributed by atoms with E-state index in [0.29, 0.717) is 43.1 Å². The molecule has 0 radical (unpaired) electrons. The Balaban J connectivity index is 1.23. The van der Waals surface area contributed by atoms with E-state index < -0.39 is 36.2 Å². The number of hydrazone groups is 1. The van der Waals surface area contributed by atoms with Gasteiger partial charge in [0.2, 0.25) is 0 Å². The summed E-state index contributed by atoms with van der Waals surface area (Å²) in [6, 6.07) is 12.1. The van der Waals surface area contributed by atoms with Crippen LogP contribution < -0.4 is 14.6 Å². The zero-order valence-electron chi connectivity index (χ0n) is 21.1. The van der Waals surface area contributed by atoms with Gasteiger partial charge in [0.25, 0.3) is 0 Å². The number of hydrogen-bond acceptors (Lipinski definition) is 6. The summed E-state index contributed by atoms with van der Waals surface area (Å²) >= 11 is 0. The number of ether oxygens (including phenoxy) is 1. The fourth-order valence-electron chi connectivity index (χ4n) is 5.07. The summed E-state index contributed by atoms with van der Waals surface area (Å²) in [5.74, 6) is -2.07. The smallest absolute Gasteiger partial charge is 0.431 e. The number of rotatable bonds is 7. The molecule has 0 bridgehead atoms. The zero-order valence-corrected chi connectivity index (χ0v) is 21.1. The number of carboxylic acid groups (broad SMARTS) is 1. The molecule has 2 atom stereocenters. The predicted octanol–water partition coefficient (Wildman–Crippen LogP) is 5.28. The molecule has 0 saturated carbocycles. The quantitative estimate of drug-likeness (QED) is 0.407. The number of carboxylic acids is 1. The van der Waals surface area contributed by atoms with Crippen molar-refractivity contribution in [3.8, 4) is 11.4 Å². The molecule has 1 N–H and O–H groups in total. The normalized spacial score (nSPS) is 20.3. The van der Waals surface area contributed by atoms with Gasteiger partial charge >= 0.3 is 12.1 Å². The van der Waals surface area contributed by atoms with Crippen molar-refractivity contribution in [3.05, 3.63) is 66.7 Å². The maximum atomic E-state index is 14.6. The van der Waals surface area contributed by atoms with Crippen molar-refractivity contribution in [2.75, 3.05) is 23.0 Å². The van der Waals surface area contributed by atoms with Gasteiger partial charge in [0.05, 0.1) is 29.5 Å². The molecule has 1 aromatic heterocycles. The molecule has 39 heavy (non-hydrogen) atoms. The molecule has 0 amide bonds. The van der Waals surface area contributed by atoms with Crippen LogP contribution in [-0.2, 0) is 4.79 Å². The van der Waals surface area contributed by atoms with Crippen LogP contribution in [0.1, 0.15) is 26.2 Å². The number of piperidine rings is 1. The van der Waals surface area contributed by atoms with Crippen LogP contribution in [0.2, 0.25) is 0 Å². The number of benzene rings is 2. The van der Waals surface area contributed by atoms with Gasteiger partial charge < -0.3 is 14.7 Å². The summed E-state index contributed by atoms with van der Waals surface area (Å²) in [7, 11) is 0. The minimum Gasteiger partial charge on any atom is -0.490 e. The van der Waals surface area contributed by atoms with Gasteiger partial charge in [-0.25, -0.2) is 9.07 Å². The first-order valence-electron chi connectivity index (χ1n) is 12.6. The number of nitrogens with zero attached hydrogens (tertiary/aromatic N) is 5. The Bertz CT molecular complexity index is 1340. The molecule has 0 spiro atoms. The number of aromatic nitrogens is 2. The zero-order chi connectivity index (χ0) is 27.7. The number of halogens is 4. The molecule has 3 aromatic rings. The van der Waals surface area contributed by atoms with Crippen LogP contribution in [0.3, 0.4) is 0 Å². The van der Waals surface area contributed by atoms with Gasteiger partial charge in [-0.15, -0.1) is 0 Å². The van der Waals surface area contributed by atoms with Crippen LogP contribution >= 0.6 is 0 Å². The molecule has 5 rings (SSSR count). The molecule has 2 unspecified atom stereocenters. The summed E-state index contributed by atoms with van der Waals surface area (Å²) in [5.41, 5.74) is 0.620. The van der Waals surface area contributed by atoms with Gasteiger partial charge in [-0.2, -0.15) is 23.4 Å². The third kappa shape index (κ3) is 5.69. The predicted molar refractivity (Wildman–Crippen MR) is 137 cm³/mol. The van der Waals surface area contributed by atoms with Crippen molar-refractivity contribution in [1.29, 1.82) is 0 Å². The lowest BCUT2D eigenvalue weighted by Gasteiger charge is -2.34. The molecular weight excluding hydrogens is 518 g/mol. The minimum atomic E-state index is -4.65. The van der Waals surface area contributed by atoms with Crippen LogP contribution in [0.5, 0.6) is 5.75 Å². The Labute approximate surface area is 222 Å². The first-order chi connectivity index (χ1) is 18.6. The monoisotopic (exact) mass is 545 g/mol. The summed E-state index contributed by atoms with van der Waals surface area (Å²) < 4.78 is 62.6. The van der Waals surface area contributed by atoms with Crippen LogP contribution in [0, 0.1) is 11.7 Å². The van der Waals surface area contributed by atoms with Gasteiger partial charge in [0.1, 0.15) is 23.4 Å². The van der Waals surface area contributed by atoms with Crippen LogP contribution in [0.25, 0.3) is 5.69 Å². The average molecular weight is 546 g/mol. The first kappa shape index (κ1) is 26.5. The van der Waals surface area contributed by atoms with Crippen molar-refractivity contribution < 1.29 is 32.2 Å². The third-order valence-corrected chi connectivity index (χ3v) is 7.10. The summed E-state index contributed by atoms with van der Waals surface area (Å²) in [5, 5.41) is 18.3. The molecule has 12 heteroatoms. The van der Waals surface area contributed by atoms with E-state index in [4.69, 9.17) is 4.74 Å². The van der Waals surface area contributed by atoms with Crippen molar-refractivity contribution in [2.45, 2.75) is 44.5 Å². The molecule has 8 nitrogen and oxygen atoms in total. The number of carbonyl (C=O) groups is 1. The van der Waals surface area contributed by atoms with Crippen LogP contribution in [0.4, 0.5) is 28.9 Å². The molecule has 2 aliphatic rings. The SMILES string of the molecule is CC1C(C(F)(F)F)=NN(c2ccc(OC3CCN(c4cc(-n5cccn5)ccc4F)CC3)cc2)C1CC(=O)O. The lowest BCUT2D eigenvalue weighted by Crippen LogP contribution is -2.38. The Morgan fingerprint density at radius 2 is 1.79 bits per heavy atom. The van der Waals surface area contributed by atoms with Crippen molar-refractivity contribution in [2.24, 2.45) is 11.0 Å². The molecule has 0 aliphatic carbocycles. The maximum absolute atomic E-state index is 14.6. The lowest BCUT2D eigenvalue weighted by molar-refractivity contribution is -0.137. The lowest BCUT2D eigenvalue weighted by atomic mass is 9.94. The third-order valence-electron chi connectivity index (χ3n) is 7.10. The summed E-state index contributed by atoms with van der Waals surface area (Å²) in [6.45, 7) is 2.50. The Kier molecular flexibility index (Phi) is 7.19. The van der Waals surface area contributed by atoms with E-state index in [1.807, 2.05) is 4.90 Å². The van der Waals surface area contributed by atoms with Crippen molar-refractivity contribution in [3.63, 3.8) is 0 Å². The highest BCUT2D eigenvalue weighted by atomic mass is 19.4. The van der Waals surface area contributed by atoms with Crippen molar-refractivity contribution >= 4 is 23.1 Å². The van der Waals surface area contributed by atoms with Gasteiger partial charge in [-0.3, -0.25) is 9.80 Å².